The zero-order valence-electron chi connectivity index (χ0n) is 17.7. The highest BCUT2D eigenvalue weighted by Gasteiger charge is 2.35. The highest BCUT2D eigenvalue weighted by Crippen LogP contribution is 2.32. The third-order valence-corrected chi connectivity index (χ3v) is 9.51. The zero-order valence-corrected chi connectivity index (χ0v) is 19.4. The summed E-state index contributed by atoms with van der Waals surface area (Å²) in [6.45, 7) is 3.74. The van der Waals surface area contributed by atoms with Crippen molar-refractivity contribution in [2.75, 3.05) is 19.6 Å². The Morgan fingerprint density at radius 1 is 1.16 bits per heavy atom. The van der Waals surface area contributed by atoms with Crippen molar-refractivity contribution in [3.05, 3.63) is 52.7 Å². The summed E-state index contributed by atoms with van der Waals surface area (Å²) in [4.78, 5) is 19.2. The predicted molar refractivity (Wildman–Crippen MR) is 119 cm³/mol. The number of rotatable bonds is 4. The molecule has 5 rings (SSSR count). The number of benzene rings is 1. The number of nitrogens with zero attached hydrogens (tertiary/aromatic N) is 4. The lowest BCUT2D eigenvalue weighted by Crippen LogP contribution is -2.45. The van der Waals surface area contributed by atoms with Crippen LogP contribution in [-0.4, -0.2) is 53.3 Å². The molecule has 2 aliphatic rings. The quantitative estimate of drug-likeness (QED) is 0.579. The van der Waals surface area contributed by atoms with Gasteiger partial charge in [-0.3, -0.25) is 4.79 Å². The topological polar surface area (TPSA) is 96.6 Å². The summed E-state index contributed by atoms with van der Waals surface area (Å²) in [6.07, 6.45) is 1.95. The molecule has 168 valence electrons. The van der Waals surface area contributed by atoms with Gasteiger partial charge in [0.1, 0.15) is 4.21 Å². The molecule has 0 atom stereocenters. The Morgan fingerprint density at radius 2 is 1.91 bits per heavy atom. The van der Waals surface area contributed by atoms with Crippen molar-refractivity contribution in [1.29, 1.82) is 0 Å². The number of amides is 1. The summed E-state index contributed by atoms with van der Waals surface area (Å²) in [6, 6.07) is 9.83. The molecule has 8 nitrogen and oxygen atoms in total. The summed E-state index contributed by atoms with van der Waals surface area (Å²) >= 11 is 1.15. The van der Waals surface area contributed by atoms with Crippen molar-refractivity contribution in [3.63, 3.8) is 0 Å². The predicted octanol–water partition coefficient (Wildman–Crippen LogP) is 3.09. The fraction of sp³-hybridized carbons (Fsp3) is 0.409. The van der Waals surface area contributed by atoms with Crippen LogP contribution in [0, 0.1) is 12.8 Å². The summed E-state index contributed by atoms with van der Waals surface area (Å²) in [5.41, 5.74) is 3.14. The molecule has 0 N–H and O–H groups in total. The van der Waals surface area contributed by atoms with Gasteiger partial charge in [0.15, 0.2) is 0 Å². The summed E-state index contributed by atoms with van der Waals surface area (Å²) < 4.78 is 33.0. The Morgan fingerprint density at radius 3 is 2.62 bits per heavy atom. The van der Waals surface area contributed by atoms with Gasteiger partial charge in [0, 0.05) is 50.0 Å². The minimum atomic E-state index is -3.62. The van der Waals surface area contributed by atoms with E-state index in [2.05, 4.69) is 22.3 Å². The van der Waals surface area contributed by atoms with Gasteiger partial charge in [0.2, 0.25) is 17.6 Å². The van der Waals surface area contributed by atoms with E-state index in [4.69, 9.17) is 4.52 Å². The number of carbonyl (C=O) groups is 1. The third-order valence-electron chi connectivity index (χ3n) is 6.20. The number of carbonyl (C=O) groups excluding carboxylic acids is 1. The second-order valence-corrected chi connectivity index (χ2v) is 11.3. The summed E-state index contributed by atoms with van der Waals surface area (Å²) in [5.74, 6) is 0.822. The molecule has 0 aliphatic carbocycles. The lowest BCUT2D eigenvalue weighted by Gasteiger charge is -2.35. The van der Waals surface area contributed by atoms with E-state index in [0.717, 1.165) is 24.3 Å². The van der Waals surface area contributed by atoms with E-state index < -0.39 is 10.0 Å². The average Bonchev–Trinajstić information content (AvgIpc) is 3.48. The first-order valence-electron chi connectivity index (χ1n) is 10.7. The van der Waals surface area contributed by atoms with Crippen molar-refractivity contribution in [1.82, 2.24) is 19.3 Å². The number of thiophene rings is 1. The molecule has 1 aromatic carbocycles. The van der Waals surface area contributed by atoms with Gasteiger partial charge in [-0.05, 0) is 36.5 Å². The minimum Gasteiger partial charge on any atom is -0.339 e. The lowest BCUT2D eigenvalue weighted by molar-refractivity contribution is -0.137. The summed E-state index contributed by atoms with van der Waals surface area (Å²) in [7, 11) is -3.62. The van der Waals surface area contributed by atoms with E-state index in [9.17, 15) is 13.2 Å². The third kappa shape index (κ3) is 3.98. The zero-order chi connectivity index (χ0) is 22.3. The van der Waals surface area contributed by atoms with Gasteiger partial charge in [-0.1, -0.05) is 29.4 Å². The smallest absolute Gasteiger partial charge is 0.252 e. The SMILES string of the molecule is Cc1nc(-c2csc(S(=O)(=O)N3CCC(C(=O)N4CCc5ccccc5C4)CC3)c2)no1. The van der Waals surface area contributed by atoms with Gasteiger partial charge >= 0.3 is 0 Å². The van der Waals surface area contributed by atoms with Crippen molar-refractivity contribution >= 4 is 27.3 Å². The Labute approximate surface area is 190 Å². The Hall–Kier alpha value is -2.56. The van der Waals surface area contributed by atoms with Gasteiger partial charge < -0.3 is 9.42 Å². The number of aryl methyl sites for hydroxylation is 1. The van der Waals surface area contributed by atoms with E-state index in [1.54, 1.807) is 18.4 Å². The highest BCUT2D eigenvalue weighted by atomic mass is 32.2. The van der Waals surface area contributed by atoms with E-state index >= 15 is 0 Å². The minimum absolute atomic E-state index is 0.132. The van der Waals surface area contributed by atoms with E-state index in [1.807, 2.05) is 17.0 Å². The van der Waals surface area contributed by atoms with Crippen LogP contribution in [0.2, 0.25) is 0 Å². The molecule has 2 aliphatic heterocycles. The number of fused-ring (bicyclic) bond motifs is 1. The first-order valence-corrected chi connectivity index (χ1v) is 13.0. The number of hydrogen-bond acceptors (Lipinski definition) is 7. The Bertz CT molecular complexity index is 1240. The van der Waals surface area contributed by atoms with Gasteiger partial charge in [-0.2, -0.15) is 9.29 Å². The molecule has 32 heavy (non-hydrogen) atoms. The average molecular weight is 473 g/mol. The van der Waals surface area contributed by atoms with Crippen LogP contribution in [0.5, 0.6) is 0 Å². The van der Waals surface area contributed by atoms with Gasteiger partial charge in [-0.15, -0.1) is 11.3 Å². The molecule has 2 aromatic heterocycles. The van der Waals surface area contributed by atoms with Crippen molar-refractivity contribution in [2.45, 2.75) is 36.9 Å². The Balaban J connectivity index is 1.23. The molecular formula is C22H24N4O4S2. The molecular weight excluding hydrogens is 448 g/mol. The number of hydrogen-bond donors (Lipinski definition) is 0. The maximum atomic E-state index is 13.1. The van der Waals surface area contributed by atoms with Crippen LogP contribution < -0.4 is 0 Å². The largest absolute Gasteiger partial charge is 0.339 e. The van der Waals surface area contributed by atoms with Gasteiger partial charge in [0.05, 0.1) is 0 Å². The fourth-order valence-electron chi connectivity index (χ4n) is 4.40. The van der Waals surface area contributed by atoms with Crippen LogP contribution in [0.4, 0.5) is 0 Å². The second-order valence-electron chi connectivity index (χ2n) is 8.25. The van der Waals surface area contributed by atoms with Crippen LogP contribution >= 0.6 is 11.3 Å². The monoisotopic (exact) mass is 472 g/mol. The molecule has 0 unspecified atom stereocenters. The van der Waals surface area contributed by atoms with Crippen LogP contribution in [0.3, 0.4) is 0 Å². The van der Waals surface area contributed by atoms with E-state index in [-0.39, 0.29) is 16.0 Å². The molecule has 1 saturated heterocycles. The fourth-order valence-corrected chi connectivity index (χ4v) is 7.18. The van der Waals surface area contributed by atoms with Gasteiger partial charge in [-0.25, -0.2) is 8.42 Å². The number of sulfonamides is 1. The van der Waals surface area contributed by atoms with Crippen LogP contribution in [0.1, 0.15) is 29.9 Å². The van der Waals surface area contributed by atoms with Crippen molar-refractivity contribution in [2.24, 2.45) is 5.92 Å². The molecule has 0 radical (unpaired) electrons. The van der Waals surface area contributed by atoms with Crippen molar-refractivity contribution < 1.29 is 17.7 Å². The molecule has 0 spiro atoms. The molecule has 10 heteroatoms. The summed E-state index contributed by atoms with van der Waals surface area (Å²) in [5, 5.41) is 5.58. The second kappa shape index (κ2) is 8.42. The molecule has 1 amide bonds. The molecule has 3 aromatic rings. The maximum Gasteiger partial charge on any atom is 0.252 e. The first kappa shape index (κ1) is 21.3. The molecule has 0 bridgehead atoms. The van der Waals surface area contributed by atoms with Crippen molar-refractivity contribution in [3.8, 4) is 11.4 Å². The van der Waals surface area contributed by atoms with E-state index in [0.29, 0.717) is 49.8 Å². The van der Waals surface area contributed by atoms with E-state index in [1.165, 1.54) is 15.4 Å². The van der Waals surface area contributed by atoms with Crippen LogP contribution in [-0.2, 0) is 27.8 Å². The normalized spacial score (nSPS) is 18.0. The number of aromatic nitrogens is 2. The lowest BCUT2D eigenvalue weighted by atomic mass is 9.94. The highest BCUT2D eigenvalue weighted by molar-refractivity contribution is 7.91. The van der Waals surface area contributed by atoms with Crippen LogP contribution in [0.25, 0.3) is 11.4 Å². The first-order chi connectivity index (χ1) is 15.4. The molecule has 1 fully saturated rings. The molecule has 4 heterocycles. The van der Waals surface area contributed by atoms with Gasteiger partial charge in [0.25, 0.3) is 10.0 Å². The Kier molecular flexibility index (Phi) is 5.60. The maximum absolute atomic E-state index is 13.1. The standard InChI is InChI=1S/C22H24N4O4S2/c1-15-23-21(24-30-15)19-12-20(31-14-19)32(28,29)26-10-7-17(8-11-26)22(27)25-9-6-16-4-2-3-5-18(16)13-25/h2-5,12,14,17H,6-11,13H2,1H3. The number of piperidine rings is 1. The molecule has 0 saturated carbocycles. The van der Waals surface area contributed by atoms with Crippen LogP contribution in [0.15, 0.2) is 44.4 Å².